The number of phenolic OH excluding ortho intramolecular Hbond substituents is 3. The average molecular weight is 478 g/mol. The van der Waals surface area contributed by atoms with E-state index in [4.69, 9.17) is 4.74 Å². The standard InChI is InChI=1S/C27H27NO7/c1-11(2)15-7-8-17(30)16(9-15)28-13(4)20-18(31)10-19-27(6,26(20)34)22-24(33)12(3)23(32)21(14(5)29)25(22)35-19/h7-11,28,30,32-33H,1-6H3. The van der Waals surface area contributed by atoms with Gasteiger partial charge in [0.05, 0.1) is 16.8 Å². The van der Waals surface area contributed by atoms with Gasteiger partial charge in [-0.25, -0.2) is 0 Å². The first-order valence-electron chi connectivity index (χ1n) is 11.2. The van der Waals surface area contributed by atoms with Gasteiger partial charge in [-0.05, 0) is 51.3 Å². The fourth-order valence-corrected chi connectivity index (χ4v) is 4.64. The number of benzene rings is 2. The van der Waals surface area contributed by atoms with Crippen LogP contribution in [0, 0.1) is 6.92 Å². The molecular formula is C27H27NO7. The number of hydrogen-bond donors (Lipinski definition) is 4. The van der Waals surface area contributed by atoms with Gasteiger partial charge >= 0.3 is 0 Å². The monoisotopic (exact) mass is 477 g/mol. The number of hydrogen-bond acceptors (Lipinski definition) is 8. The summed E-state index contributed by atoms with van der Waals surface area (Å²) in [4.78, 5) is 39.2. The molecule has 2 aromatic carbocycles. The molecule has 0 fully saturated rings. The lowest BCUT2D eigenvalue weighted by Crippen LogP contribution is -2.40. The number of allylic oxidation sites excluding steroid dienone is 4. The van der Waals surface area contributed by atoms with Crippen LogP contribution in [0.4, 0.5) is 5.69 Å². The molecule has 0 saturated carbocycles. The van der Waals surface area contributed by atoms with E-state index in [1.165, 1.54) is 26.8 Å². The molecule has 4 N–H and O–H groups in total. The highest BCUT2D eigenvalue weighted by Crippen LogP contribution is 2.57. The van der Waals surface area contributed by atoms with Crippen LogP contribution in [-0.2, 0) is 15.0 Å². The van der Waals surface area contributed by atoms with E-state index in [0.29, 0.717) is 5.69 Å². The highest BCUT2D eigenvalue weighted by Gasteiger charge is 2.56. The first kappa shape index (κ1) is 24.1. The van der Waals surface area contributed by atoms with Crippen LogP contribution in [0.5, 0.6) is 23.0 Å². The molecule has 2 aliphatic rings. The van der Waals surface area contributed by atoms with Crippen molar-refractivity contribution in [3.63, 3.8) is 0 Å². The summed E-state index contributed by atoms with van der Waals surface area (Å²) in [6.45, 7) is 9.72. The molecule has 0 spiro atoms. The van der Waals surface area contributed by atoms with Crippen molar-refractivity contribution in [3.8, 4) is 23.0 Å². The molecule has 4 rings (SSSR count). The predicted octanol–water partition coefficient (Wildman–Crippen LogP) is 4.51. The van der Waals surface area contributed by atoms with Gasteiger partial charge in [0.15, 0.2) is 17.3 Å². The number of ketones is 3. The molecule has 1 aliphatic carbocycles. The van der Waals surface area contributed by atoms with Crippen LogP contribution in [0.2, 0.25) is 0 Å². The molecule has 8 heteroatoms. The minimum Gasteiger partial charge on any atom is -0.507 e. The second-order valence-electron chi connectivity index (χ2n) is 9.44. The van der Waals surface area contributed by atoms with Crippen LogP contribution >= 0.6 is 0 Å². The SMILES string of the molecule is CC(=O)c1c(O)c(C)c(O)c2c1OC1=CC(=O)C(=C(C)Nc3cc(C(C)C)ccc3O)C(=O)C12C. The fourth-order valence-electron chi connectivity index (χ4n) is 4.64. The number of ether oxygens (including phenoxy) is 1. The Hall–Kier alpha value is -4.07. The first-order valence-corrected chi connectivity index (χ1v) is 11.2. The normalized spacial score (nSPS) is 20.3. The number of fused-ring (bicyclic) bond motifs is 3. The Labute approximate surface area is 202 Å². The lowest BCUT2D eigenvalue weighted by Gasteiger charge is -2.29. The molecule has 1 unspecified atom stereocenters. The number of carbonyl (C=O) groups excluding carboxylic acids is 3. The van der Waals surface area contributed by atoms with Crippen molar-refractivity contribution in [1.29, 1.82) is 0 Å². The van der Waals surface area contributed by atoms with Gasteiger partial charge in [0.2, 0.25) is 0 Å². The van der Waals surface area contributed by atoms with Crippen molar-refractivity contribution in [1.82, 2.24) is 0 Å². The molecule has 0 amide bonds. The third-order valence-electron chi connectivity index (χ3n) is 6.77. The predicted molar refractivity (Wildman–Crippen MR) is 129 cm³/mol. The number of Topliss-reactive ketones (excluding diaryl/α,β-unsaturated/α-hetero) is 2. The minimum atomic E-state index is -1.60. The summed E-state index contributed by atoms with van der Waals surface area (Å²) < 4.78 is 5.77. The Balaban J connectivity index is 1.89. The molecule has 182 valence electrons. The third kappa shape index (κ3) is 3.39. The van der Waals surface area contributed by atoms with Crippen LogP contribution in [0.3, 0.4) is 0 Å². The van der Waals surface area contributed by atoms with Gasteiger partial charge in [0.25, 0.3) is 0 Å². The number of anilines is 1. The largest absolute Gasteiger partial charge is 0.507 e. The summed E-state index contributed by atoms with van der Waals surface area (Å²) >= 11 is 0. The highest BCUT2D eigenvalue weighted by molar-refractivity contribution is 6.31. The lowest BCUT2D eigenvalue weighted by molar-refractivity contribution is -0.123. The molecule has 2 aromatic rings. The second-order valence-corrected chi connectivity index (χ2v) is 9.44. The Morgan fingerprint density at radius 3 is 2.34 bits per heavy atom. The van der Waals surface area contributed by atoms with Gasteiger partial charge in [-0.2, -0.15) is 0 Å². The van der Waals surface area contributed by atoms with Crippen LogP contribution in [0.25, 0.3) is 0 Å². The maximum Gasteiger partial charge on any atom is 0.194 e. The smallest absolute Gasteiger partial charge is 0.194 e. The number of aromatic hydroxyl groups is 3. The zero-order valence-corrected chi connectivity index (χ0v) is 20.4. The zero-order valence-electron chi connectivity index (χ0n) is 20.4. The topological polar surface area (TPSA) is 133 Å². The van der Waals surface area contributed by atoms with E-state index in [1.807, 2.05) is 13.8 Å². The Kier molecular flexibility index (Phi) is 5.51. The number of nitrogens with one attached hydrogen (secondary N) is 1. The lowest BCUT2D eigenvalue weighted by atomic mass is 9.70. The molecule has 35 heavy (non-hydrogen) atoms. The third-order valence-corrected chi connectivity index (χ3v) is 6.77. The quantitative estimate of drug-likeness (QED) is 0.219. The Bertz CT molecular complexity index is 1400. The van der Waals surface area contributed by atoms with Crippen molar-refractivity contribution in [2.24, 2.45) is 0 Å². The molecule has 0 bridgehead atoms. The van der Waals surface area contributed by atoms with Crippen LogP contribution in [-0.4, -0.2) is 32.7 Å². The van der Waals surface area contributed by atoms with Gasteiger partial charge < -0.3 is 25.4 Å². The maximum absolute atomic E-state index is 13.9. The minimum absolute atomic E-state index is 0.0247. The summed E-state index contributed by atoms with van der Waals surface area (Å²) in [6, 6.07) is 5.08. The molecule has 0 saturated heterocycles. The van der Waals surface area contributed by atoms with Gasteiger partial charge in [-0.1, -0.05) is 19.9 Å². The summed E-state index contributed by atoms with van der Waals surface area (Å²) in [7, 11) is 0. The van der Waals surface area contributed by atoms with E-state index < -0.39 is 28.5 Å². The van der Waals surface area contributed by atoms with Crippen molar-refractivity contribution < 1.29 is 34.4 Å². The van der Waals surface area contributed by atoms with E-state index in [1.54, 1.807) is 19.1 Å². The number of rotatable bonds is 4. The Morgan fingerprint density at radius 1 is 1.09 bits per heavy atom. The van der Waals surface area contributed by atoms with Crippen LogP contribution in [0.1, 0.15) is 67.6 Å². The van der Waals surface area contributed by atoms with E-state index in [2.05, 4.69) is 5.32 Å². The maximum atomic E-state index is 13.9. The van der Waals surface area contributed by atoms with Crippen LogP contribution < -0.4 is 10.1 Å². The molecular weight excluding hydrogens is 450 g/mol. The molecule has 8 nitrogen and oxygen atoms in total. The summed E-state index contributed by atoms with van der Waals surface area (Å²) in [5.41, 5.74) is -0.378. The van der Waals surface area contributed by atoms with Gasteiger partial charge in [-0.15, -0.1) is 0 Å². The second kappa shape index (κ2) is 8.01. The average Bonchev–Trinajstić information content (AvgIpc) is 3.06. The van der Waals surface area contributed by atoms with E-state index >= 15 is 0 Å². The molecule has 1 aliphatic heterocycles. The van der Waals surface area contributed by atoms with Gasteiger partial charge in [0, 0.05) is 17.3 Å². The molecule has 1 heterocycles. The van der Waals surface area contributed by atoms with Crippen molar-refractivity contribution in [2.75, 3.05) is 5.32 Å². The van der Waals surface area contributed by atoms with Crippen molar-refractivity contribution >= 4 is 23.0 Å². The number of phenols is 3. The number of carbonyl (C=O) groups is 3. The first-order chi connectivity index (χ1) is 16.3. The van der Waals surface area contributed by atoms with Crippen molar-refractivity contribution in [2.45, 2.75) is 52.9 Å². The molecule has 0 aromatic heterocycles. The van der Waals surface area contributed by atoms with E-state index in [0.717, 1.165) is 11.6 Å². The summed E-state index contributed by atoms with van der Waals surface area (Å²) in [6.07, 6.45) is 1.15. The summed E-state index contributed by atoms with van der Waals surface area (Å²) in [5, 5.41) is 34.7. The van der Waals surface area contributed by atoms with Gasteiger partial charge in [-0.3, -0.25) is 14.4 Å². The highest BCUT2D eigenvalue weighted by atomic mass is 16.5. The zero-order chi connectivity index (χ0) is 26.0. The van der Waals surface area contributed by atoms with E-state index in [-0.39, 0.29) is 56.9 Å². The van der Waals surface area contributed by atoms with E-state index in [9.17, 15) is 29.7 Å². The summed E-state index contributed by atoms with van der Waals surface area (Å²) in [5.74, 6) is -2.63. The molecule has 0 radical (unpaired) electrons. The van der Waals surface area contributed by atoms with Crippen LogP contribution in [0.15, 0.2) is 41.3 Å². The van der Waals surface area contributed by atoms with Gasteiger partial charge in [0.1, 0.15) is 39.7 Å². The fraction of sp³-hybridized carbons (Fsp3) is 0.296. The Morgan fingerprint density at radius 2 is 1.74 bits per heavy atom. The van der Waals surface area contributed by atoms with Crippen molar-refractivity contribution in [3.05, 3.63) is 63.6 Å². The molecule has 1 atom stereocenters.